The fourth-order valence-corrected chi connectivity index (χ4v) is 1.83. The van der Waals surface area contributed by atoms with E-state index < -0.39 is 5.97 Å². The average Bonchev–Trinajstić information content (AvgIpc) is 2.55. The van der Waals surface area contributed by atoms with Crippen molar-refractivity contribution in [3.8, 4) is 0 Å². The molecule has 1 rings (SSSR count). The summed E-state index contributed by atoms with van der Waals surface area (Å²) in [5, 5.41) is 15.1. The van der Waals surface area contributed by atoms with Crippen molar-refractivity contribution in [2.75, 3.05) is 11.9 Å². The maximum atomic E-state index is 10.9. The smallest absolute Gasteiger partial charge is 0.308 e. The van der Waals surface area contributed by atoms with Gasteiger partial charge in [-0.1, -0.05) is 13.8 Å². The summed E-state index contributed by atoms with van der Waals surface area (Å²) in [7, 11) is 0. The van der Waals surface area contributed by atoms with E-state index in [1.54, 1.807) is 11.3 Å². The van der Waals surface area contributed by atoms with Crippen LogP contribution in [0, 0.1) is 11.8 Å². The van der Waals surface area contributed by atoms with E-state index >= 15 is 0 Å². The van der Waals surface area contributed by atoms with Gasteiger partial charge in [-0.25, -0.2) is 0 Å². The van der Waals surface area contributed by atoms with Crippen molar-refractivity contribution >= 4 is 22.3 Å². The number of hydrogen-bond donors (Lipinski definition) is 2. The van der Waals surface area contributed by atoms with Gasteiger partial charge in [0.1, 0.15) is 0 Å². The molecule has 0 aliphatic rings. The molecule has 1 aromatic rings. The van der Waals surface area contributed by atoms with Crippen LogP contribution in [0.15, 0.2) is 17.5 Å². The first kappa shape index (κ1) is 11.0. The Morgan fingerprint density at radius 2 is 2.36 bits per heavy atom. The van der Waals surface area contributed by atoms with Crippen LogP contribution in [-0.2, 0) is 4.79 Å². The van der Waals surface area contributed by atoms with Gasteiger partial charge in [0, 0.05) is 6.54 Å². The van der Waals surface area contributed by atoms with Crippen LogP contribution in [0.5, 0.6) is 0 Å². The standard InChI is InChI=1S/C10H15NO2S/c1-7(2)8(10(12)13)6-11-9-4-3-5-14-9/h3-5,7-8,11H,6H2,1-2H3,(H,12,13). The molecular formula is C10H15NO2S. The molecule has 1 unspecified atom stereocenters. The molecule has 1 atom stereocenters. The van der Waals surface area contributed by atoms with E-state index in [0.29, 0.717) is 6.54 Å². The lowest BCUT2D eigenvalue weighted by Gasteiger charge is -2.16. The summed E-state index contributed by atoms with van der Waals surface area (Å²) in [6.07, 6.45) is 0. The minimum atomic E-state index is -0.732. The zero-order valence-electron chi connectivity index (χ0n) is 8.36. The van der Waals surface area contributed by atoms with Crippen LogP contribution in [0.25, 0.3) is 0 Å². The molecular weight excluding hydrogens is 198 g/mol. The second kappa shape index (κ2) is 5.00. The number of rotatable bonds is 5. The summed E-state index contributed by atoms with van der Waals surface area (Å²) in [6, 6.07) is 3.89. The summed E-state index contributed by atoms with van der Waals surface area (Å²) >= 11 is 1.58. The van der Waals surface area contributed by atoms with E-state index in [1.807, 2.05) is 31.4 Å². The molecule has 0 saturated heterocycles. The van der Waals surface area contributed by atoms with Crippen LogP contribution in [0.1, 0.15) is 13.8 Å². The fourth-order valence-electron chi connectivity index (χ4n) is 1.20. The second-order valence-electron chi connectivity index (χ2n) is 3.55. The third-order valence-corrected chi connectivity index (χ3v) is 2.97. The molecule has 0 aliphatic heterocycles. The Labute approximate surface area is 87.8 Å². The monoisotopic (exact) mass is 213 g/mol. The molecule has 0 amide bonds. The molecule has 0 aromatic carbocycles. The zero-order valence-corrected chi connectivity index (χ0v) is 9.17. The summed E-state index contributed by atoms with van der Waals surface area (Å²) < 4.78 is 0. The normalized spacial score (nSPS) is 12.8. The Bertz CT molecular complexity index is 282. The minimum Gasteiger partial charge on any atom is -0.481 e. The van der Waals surface area contributed by atoms with E-state index in [-0.39, 0.29) is 11.8 Å². The van der Waals surface area contributed by atoms with E-state index in [1.165, 1.54) is 0 Å². The highest BCUT2D eigenvalue weighted by molar-refractivity contribution is 7.14. The quantitative estimate of drug-likeness (QED) is 0.790. The molecule has 14 heavy (non-hydrogen) atoms. The maximum Gasteiger partial charge on any atom is 0.308 e. The Hall–Kier alpha value is -1.03. The number of hydrogen-bond acceptors (Lipinski definition) is 3. The highest BCUT2D eigenvalue weighted by atomic mass is 32.1. The largest absolute Gasteiger partial charge is 0.481 e. The van der Waals surface area contributed by atoms with Crippen molar-refractivity contribution < 1.29 is 9.90 Å². The van der Waals surface area contributed by atoms with E-state index in [4.69, 9.17) is 5.11 Å². The summed E-state index contributed by atoms with van der Waals surface area (Å²) in [4.78, 5) is 10.9. The first-order valence-corrected chi connectivity index (χ1v) is 5.49. The van der Waals surface area contributed by atoms with Crippen LogP contribution in [0.3, 0.4) is 0 Å². The topological polar surface area (TPSA) is 49.3 Å². The molecule has 0 bridgehead atoms. The predicted octanol–water partition coefficient (Wildman–Crippen LogP) is 2.52. The lowest BCUT2D eigenvalue weighted by Crippen LogP contribution is -2.27. The van der Waals surface area contributed by atoms with Crippen molar-refractivity contribution in [2.45, 2.75) is 13.8 Å². The molecule has 0 saturated carbocycles. The van der Waals surface area contributed by atoms with Crippen LogP contribution >= 0.6 is 11.3 Å². The van der Waals surface area contributed by atoms with E-state index in [0.717, 1.165) is 5.00 Å². The molecule has 1 aromatic heterocycles. The molecule has 1 heterocycles. The van der Waals surface area contributed by atoms with E-state index in [9.17, 15) is 4.79 Å². The van der Waals surface area contributed by atoms with Crippen molar-refractivity contribution in [1.82, 2.24) is 0 Å². The fraction of sp³-hybridized carbons (Fsp3) is 0.500. The van der Waals surface area contributed by atoms with Crippen molar-refractivity contribution in [1.29, 1.82) is 0 Å². The Morgan fingerprint density at radius 1 is 1.64 bits per heavy atom. The molecule has 3 nitrogen and oxygen atoms in total. The van der Waals surface area contributed by atoms with Gasteiger partial charge in [-0.3, -0.25) is 4.79 Å². The van der Waals surface area contributed by atoms with Crippen LogP contribution in [0.2, 0.25) is 0 Å². The number of carbonyl (C=O) groups is 1. The Morgan fingerprint density at radius 3 is 2.79 bits per heavy atom. The second-order valence-corrected chi connectivity index (χ2v) is 4.49. The summed E-state index contributed by atoms with van der Waals surface area (Å²) in [6.45, 7) is 4.34. The highest BCUT2D eigenvalue weighted by Crippen LogP contribution is 2.17. The zero-order chi connectivity index (χ0) is 10.6. The molecule has 78 valence electrons. The predicted molar refractivity (Wildman–Crippen MR) is 58.8 cm³/mol. The lowest BCUT2D eigenvalue weighted by molar-refractivity contribution is -0.142. The molecule has 0 fully saturated rings. The Balaban J connectivity index is 2.45. The van der Waals surface area contributed by atoms with Gasteiger partial charge < -0.3 is 10.4 Å². The number of carboxylic acid groups (broad SMARTS) is 1. The van der Waals surface area contributed by atoms with Gasteiger partial charge >= 0.3 is 5.97 Å². The number of anilines is 1. The number of thiophene rings is 1. The number of carboxylic acids is 1. The minimum absolute atomic E-state index is 0.153. The molecule has 0 radical (unpaired) electrons. The number of nitrogens with one attached hydrogen (secondary N) is 1. The molecule has 2 N–H and O–H groups in total. The van der Waals surface area contributed by atoms with Gasteiger partial charge in [-0.15, -0.1) is 11.3 Å². The van der Waals surface area contributed by atoms with Crippen molar-refractivity contribution in [3.63, 3.8) is 0 Å². The van der Waals surface area contributed by atoms with Gasteiger partial charge in [-0.05, 0) is 23.4 Å². The molecule has 4 heteroatoms. The van der Waals surface area contributed by atoms with Gasteiger partial charge in [0.25, 0.3) is 0 Å². The van der Waals surface area contributed by atoms with Crippen molar-refractivity contribution in [3.05, 3.63) is 17.5 Å². The van der Waals surface area contributed by atoms with E-state index in [2.05, 4.69) is 5.32 Å². The SMILES string of the molecule is CC(C)C(CNc1cccs1)C(=O)O. The number of aliphatic carboxylic acids is 1. The highest BCUT2D eigenvalue weighted by Gasteiger charge is 2.20. The molecule has 0 aliphatic carbocycles. The third-order valence-electron chi connectivity index (χ3n) is 2.14. The first-order valence-electron chi connectivity index (χ1n) is 4.61. The average molecular weight is 213 g/mol. The summed E-state index contributed by atoms with van der Waals surface area (Å²) in [5.41, 5.74) is 0. The Kier molecular flexibility index (Phi) is 3.95. The van der Waals surface area contributed by atoms with Gasteiger partial charge in [0.15, 0.2) is 0 Å². The first-order chi connectivity index (χ1) is 6.61. The van der Waals surface area contributed by atoms with Gasteiger partial charge in [-0.2, -0.15) is 0 Å². The van der Waals surface area contributed by atoms with Crippen LogP contribution < -0.4 is 5.32 Å². The van der Waals surface area contributed by atoms with Crippen LogP contribution in [0.4, 0.5) is 5.00 Å². The lowest BCUT2D eigenvalue weighted by atomic mass is 9.96. The van der Waals surface area contributed by atoms with Gasteiger partial charge in [0.05, 0.1) is 10.9 Å². The van der Waals surface area contributed by atoms with Crippen molar-refractivity contribution in [2.24, 2.45) is 11.8 Å². The summed E-state index contributed by atoms with van der Waals surface area (Å²) in [5.74, 6) is -0.902. The third kappa shape index (κ3) is 3.03. The maximum absolute atomic E-state index is 10.9. The van der Waals surface area contributed by atoms with Gasteiger partial charge in [0.2, 0.25) is 0 Å². The van der Waals surface area contributed by atoms with Crippen LogP contribution in [-0.4, -0.2) is 17.6 Å². The molecule has 0 spiro atoms.